The van der Waals surface area contributed by atoms with Crippen molar-refractivity contribution in [3.63, 3.8) is 0 Å². The van der Waals surface area contributed by atoms with E-state index in [2.05, 4.69) is 9.88 Å². The third-order valence-electron chi connectivity index (χ3n) is 7.31. The number of pyridine rings is 1. The second kappa shape index (κ2) is 10.7. The lowest BCUT2D eigenvalue weighted by atomic mass is 9.75. The number of amides is 1. The molecule has 1 saturated carbocycles. The fourth-order valence-electron chi connectivity index (χ4n) is 5.24. The van der Waals surface area contributed by atoms with Crippen molar-refractivity contribution in [1.82, 2.24) is 9.88 Å². The third kappa shape index (κ3) is 4.92. The molecule has 0 bridgehead atoms. The van der Waals surface area contributed by atoms with Gasteiger partial charge >= 0.3 is 6.18 Å². The molecule has 0 radical (unpaired) electrons. The highest BCUT2D eigenvalue weighted by Crippen LogP contribution is 2.50. The molecule has 1 aromatic heterocycles. The van der Waals surface area contributed by atoms with Gasteiger partial charge in [0.2, 0.25) is 0 Å². The minimum Gasteiger partial charge on any atom is -0.490 e. The molecule has 0 unspecified atom stereocenters. The van der Waals surface area contributed by atoms with E-state index >= 15 is 4.39 Å². The lowest BCUT2D eigenvalue weighted by Gasteiger charge is -2.43. The average molecular weight is 564 g/mol. The number of ether oxygens (including phenoxy) is 2. The second-order valence-corrected chi connectivity index (χ2v) is 9.94. The molecule has 0 N–H and O–H groups in total. The summed E-state index contributed by atoms with van der Waals surface area (Å²) >= 11 is 5.53. The van der Waals surface area contributed by atoms with Crippen molar-refractivity contribution in [3.8, 4) is 11.8 Å². The van der Waals surface area contributed by atoms with Crippen LogP contribution in [-0.4, -0.2) is 65.9 Å². The van der Waals surface area contributed by atoms with Gasteiger partial charge in [-0.1, -0.05) is 0 Å². The van der Waals surface area contributed by atoms with Gasteiger partial charge in [0.15, 0.2) is 22.4 Å². The van der Waals surface area contributed by atoms with Gasteiger partial charge in [0.25, 0.3) is 5.91 Å². The molecule has 1 amide bonds. The van der Waals surface area contributed by atoms with Gasteiger partial charge in [-0.3, -0.25) is 14.6 Å². The van der Waals surface area contributed by atoms with Gasteiger partial charge in [-0.15, -0.1) is 0 Å². The minimum atomic E-state index is -4.96. The monoisotopic (exact) mass is 563 g/mol. The highest BCUT2D eigenvalue weighted by atomic mass is 32.1. The van der Waals surface area contributed by atoms with Crippen LogP contribution in [0.25, 0.3) is 0 Å². The van der Waals surface area contributed by atoms with E-state index in [4.69, 9.17) is 21.7 Å². The van der Waals surface area contributed by atoms with Crippen LogP contribution in [0, 0.1) is 17.1 Å². The number of hydrogen-bond acceptors (Lipinski definition) is 7. The molecule has 3 heterocycles. The lowest BCUT2D eigenvalue weighted by molar-refractivity contribution is -0.137. The van der Waals surface area contributed by atoms with E-state index in [1.807, 2.05) is 0 Å². The van der Waals surface area contributed by atoms with E-state index in [0.29, 0.717) is 45.5 Å². The molecule has 2 aromatic rings. The first-order valence-corrected chi connectivity index (χ1v) is 13.0. The number of rotatable bonds is 7. The van der Waals surface area contributed by atoms with Crippen LogP contribution in [-0.2, 0) is 15.7 Å². The summed E-state index contributed by atoms with van der Waals surface area (Å²) in [7, 11) is 0. The van der Waals surface area contributed by atoms with E-state index in [9.17, 15) is 23.2 Å². The molecule has 206 valence electrons. The third-order valence-corrected chi connectivity index (χ3v) is 7.67. The maximum absolute atomic E-state index is 15.1. The van der Waals surface area contributed by atoms with Gasteiger partial charge in [-0.2, -0.15) is 18.4 Å². The molecule has 39 heavy (non-hydrogen) atoms. The van der Waals surface area contributed by atoms with Crippen molar-refractivity contribution in [2.24, 2.45) is 0 Å². The van der Waals surface area contributed by atoms with Crippen molar-refractivity contribution >= 4 is 34.6 Å². The Morgan fingerprint density at radius 3 is 2.56 bits per heavy atom. The number of benzene rings is 1. The molecule has 3 aliphatic rings. The second-order valence-electron chi connectivity index (χ2n) is 9.58. The van der Waals surface area contributed by atoms with Gasteiger partial charge in [-0.05, 0) is 56.1 Å². The van der Waals surface area contributed by atoms with Gasteiger partial charge < -0.3 is 14.4 Å². The fraction of sp³-hybridized carbons (Fsp3) is 0.462. The Morgan fingerprint density at radius 2 is 1.95 bits per heavy atom. The number of alkyl halides is 3. The molecule has 0 atom stereocenters. The first kappa shape index (κ1) is 27.2. The number of aromatic nitrogens is 1. The van der Waals surface area contributed by atoms with E-state index in [1.165, 1.54) is 23.1 Å². The molecule has 8 nitrogen and oxygen atoms in total. The molecule has 5 rings (SSSR count). The number of morpholine rings is 1. The molecule has 1 spiro atoms. The molecule has 1 aromatic carbocycles. The van der Waals surface area contributed by atoms with Crippen LogP contribution in [0.15, 0.2) is 30.5 Å². The first-order chi connectivity index (χ1) is 18.7. The summed E-state index contributed by atoms with van der Waals surface area (Å²) in [5, 5.41) is 9.03. The largest absolute Gasteiger partial charge is 0.490 e. The summed E-state index contributed by atoms with van der Waals surface area (Å²) < 4.78 is 68.0. The Morgan fingerprint density at radius 1 is 1.21 bits per heavy atom. The number of thiocarbonyl (C=S) groups is 1. The number of carbonyl (C=O) groups excluding carboxylic acids is 1. The topological polar surface area (TPSA) is 81.9 Å². The number of anilines is 2. The number of nitrogens with zero attached hydrogens (tertiary/aromatic N) is 5. The highest BCUT2D eigenvalue weighted by molar-refractivity contribution is 7.81. The molecular formula is C26H25F4N5O3S. The number of carbonyl (C=O) groups is 1. The Bertz CT molecular complexity index is 1320. The van der Waals surface area contributed by atoms with Crippen molar-refractivity contribution in [3.05, 3.63) is 47.5 Å². The SMILES string of the molecule is N#Cc1nccc(N2C(=O)C3(CCC3)N(c3ccc(OCCCN4CCOCC4)c(F)c3)C2=S)c1C(F)(F)F. The molecule has 3 fully saturated rings. The lowest BCUT2D eigenvalue weighted by Crippen LogP contribution is -2.55. The number of hydrogen-bond donors (Lipinski definition) is 0. The normalized spacial score (nSPS) is 19.4. The molecule has 2 aliphatic heterocycles. The Hall–Kier alpha value is -3.34. The predicted octanol–water partition coefficient (Wildman–Crippen LogP) is 4.27. The zero-order valence-electron chi connectivity index (χ0n) is 20.8. The molecule has 13 heteroatoms. The highest BCUT2D eigenvalue weighted by Gasteiger charge is 2.60. The van der Waals surface area contributed by atoms with Crippen molar-refractivity contribution in [2.45, 2.75) is 37.4 Å². The minimum absolute atomic E-state index is 0.0313. The predicted molar refractivity (Wildman–Crippen MR) is 137 cm³/mol. The average Bonchev–Trinajstić information content (AvgIpc) is 3.13. The Kier molecular flexibility index (Phi) is 7.45. The van der Waals surface area contributed by atoms with Gasteiger partial charge in [0.1, 0.15) is 17.2 Å². The van der Waals surface area contributed by atoms with Gasteiger partial charge in [-0.25, -0.2) is 9.37 Å². The maximum atomic E-state index is 15.1. The summed E-state index contributed by atoms with van der Waals surface area (Å²) in [4.78, 5) is 21.6. The molecular weight excluding hydrogens is 538 g/mol. The summed E-state index contributed by atoms with van der Waals surface area (Å²) in [6.07, 6.45) is -1.92. The Balaban J connectivity index is 1.39. The number of halogens is 4. The Labute approximate surface area is 227 Å². The molecule has 2 saturated heterocycles. The van der Waals surface area contributed by atoms with Crippen LogP contribution < -0.4 is 14.5 Å². The molecule has 1 aliphatic carbocycles. The fourth-order valence-corrected chi connectivity index (χ4v) is 5.70. The zero-order valence-corrected chi connectivity index (χ0v) is 21.7. The van der Waals surface area contributed by atoms with Crippen LogP contribution in [0.1, 0.15) is 36.9 Å². The van der Waals surface area contributed by atoms with Gasteiger partial charge in [0, 0.05) is 37.6 Å². The van der Waals surface area contributed by atoms with E-state index in [-0.39, 0.29) is 16.5 Å². The van der Waals surface area contributed by atoms with Crippen LogP contribution in [0.4, 0.5) is 28.9 Å². The van der Waals surface area contributed by atoms with Crippen molar-refractivity contribution < 1.29 is 31.8 Å². The van der Waals surface area contributed by atoms with Crippen LogP contribution in [0.3, 0.4) is 0 Å². The first-order valence-electron chi connectivity index (χ1n) is 12.5. The smallest absolute Gasteiger partial charge is 0.421 e. The quantitative estimate of drug-likeness (QED) is 0.281. The van der Waals surface area contributed by atoms with Crippen LogP contribution in [0.2, 0.25) is 0 Å². The van der Waals surface area contributed by atoms with Crippen LogP contribution >= 0.6 is 12.2 Å². The standard InChI is InChI=1S/C26H25F4N5O3S/c27-18-15-17(3-4-21(18)38-12-2-9-33-10-13-37-14-11-33)35-24(39)34(23(36)25(35)6-1-7-25)20-5-8-32-19(16-31)22(20)26(28,29)30/h3-5,8,15H,1-2,6-7,9-14H2. The van der Waals surface area contributed by atoms with E-state index in [1.54, 1.807) is 6.07 Å². The summed E-state index contributed by atoms with van der Waals surface area (Å²) in [5.41, 5.74) is -3.78. The summed E-state index contributed by atoms with van der Waals surface area (Å²) in [6.45, 7) is 4.17. The summed E-state index contributed by atoms with van der Waals surface area (Å²) in [5.74, 6) is -1.29. The van der Waals surface area contributed by atoms with Crippen molar-refractivity contribution in [2.75, 3.05) is 49.3 Å². The number of nitriles is 1. The van der Waals surface area contributed by atoms with Crippen LogP contribution in [0.5, 0.6) is 5.75 Å². The van der Waals surface area contributed by atoms with Crippen molar-refractivity contribution in [1.29, 1.82) is 5.26 Å². The zero-order chi connectivity index (χ0) is 27.8. The van der Waals surface area contributed by atoms with E-state index < -0.39 is 40.4 Å². The summed E-state index contributed by atoms with van der Waals surface area (Å²) in [6, 6.07) is 6.61. The van der Waals surface area contributed by atoms with Gasteiger partial charge in [0.05, 0.1) is 25.5 Å². The maximum Gasteiger partial charge on any atom is 0.421 e. The van der Waals surface area contributed by atoms with E-state index in [0.717, 1.165) is 36.8 Å².